The van der Waals surface area contributed by atoms with E-state index >= 15 is 0 Å². The van der Waals surface area contributed by atoms with Gasteiger partial charge in [-0.25, -0.2) is 0 Å². The molecular weight excluding hydrogens is 190 g/mol. The van der Waals surface area contributed by atoms with Crippen molar-refractivity contribution in [2.24, 2.45) is 0 Å². The van der Waals surface area contributed by atoms with E-state index in [4.69, 9.17) is 4.74 Å². The number of carbonyl (C=O) groups is 1. The van der Waals surface area contributed by atoms with Crippen molar-refractivity contribution in [2.75, 3.05) is 19.7 Å². The van der Waals surface area contributed by atoms with Crippen LogP contribution in [0.25, 0.3) is 0 Å². The first kappa shape index (κ1) is 12.4. The molecule has 1 aliphatic heterocycles. The highest BCUT2D eigenvalue weighted by Gasteiger charge is 2.13. The molecule has 3 heteroatoms. The van der Waals surface area contributed by atoms with Crippen molar-refractivity contribution in [3.05, 3.63) is 11.6 Å². The van der Waals surface area contributed by atoms with E-state index in [1.807, 2.05) is 13.8 Å². The zero-order valence-electron chi connectivity index (χ0n) is 9.71. The second-order valence-electron chi connectivity index (χ2n) is 4.26. The van der Waals surface area contributed by atoms with Crippen LogP contribution in [0.3, 0.4) is 0 Å². The molecule has 0 aliphatic carbocycles. The average molecular weight is 211 g/mol. The van der Waals surface area contributed by atoms with E-state index in [1.54, 1.807) is 6.08 Å². The molecule has 0 aromatic heterocycles. The Labute approximate surface area is 91.9 Å². The maximum absolute atomic E-state index is 11.3. The zero-order chi connectivity index (χ0) is 11.1. The lowest BCUT2D eigenvalue weighted by atomic mass is 10.1. The third kappa shape index (κ3) is 5.70. The maximum atomic E-state index is 11.3. The van der Waals surface area contributed by atoms with Crippen molar-refractivity contribution >= 4 is 5.78 Å². The number of nitrogens with one attached hydrogen (secondary N) is 1. The molecule has 1 aliphatic rings. The van der Waals surface area contributed by atoms with Gasteiger partial charge in [0.15, 0.2) is 5.78 Å². The van der Waals surface area contributed by atoms with Crippen LogP contribution in [0.2, 0.25) is 0 Å². The highest BCUT2D eigenvalue weighted by atomic mass is 16.5. The van der Waals surface area contributed by atoms with Gasteiger partial charge in [0.1, 0.15) is 0 Å². The molecule has 0 saturated carbocycles. The highest BCUT2D eigenvalue weighted by molar-refractivity contribution is 5.90. The smallest absolute Gasteiger partial charge is 0.157 e. The quantitative estimate of drug-likeness (QED) is 0.703. The van der Waals surface area contributed by atoms with Gasteiger partial charge >= 0.3 is 0 Å². The Hall–Kier alpha value is -0.670. The number of hydrogen-bond donors (Lipinski definition) is 1. The Morgan fingerprint density at radius 3 is 2.67 bits per heavy atom. The Morgan fingerprint density at radius 1 is 1.40 bits per heavy atom. The van der Waals surface area contributed by atoms with Gasteiger partial charge in [0.25, 0.3) is 0 Å². The second-order valence-corrected chi connectivity index (χ2v) is 4.26. The van der Waals surface area contributed by atoms with E-state index in [0.29, 0.717) is 19.1 Å². The van der Waals surface area contributed by atoms with Gasteiger partial charge in [-0.2, -0.15) is 0 Å². The topological polar surface area (TPSA) is 38.3 Å². The fourth-order valence-corrected chi connectivity index (χ4v) is 1.68. The first-order valence-electron chi connectivity index (χ1n) is 5.68. The largest absolute Gasteiger partial charge is 0.378 e. The summed E-state index contributed by atoms with van der Waals surface area (Å²) in [6.07, 6.45) is 4.68. The molecule has 0 aromatic carbocycles. The molecule has 0 unspecified atom stereocenters. The fourth-order valence-electron chi connectivity index (χ4n) is 1.68. The van der Waals surface area contributed by atoms with E-state index in [1.165, 1.54) is 0 Å². The third-order valence-corrected chi connectivity index (χ3v) is 2.44. The molecule has 1 saturated heterocycles. The molecule has 1 heterocycles. The van der Waals surface area contributed by atoms with Crippen molar-refractivity contribution < 1.29 is 9.53 Å². The van der Waals surface area contributed by atoms with Gasteiger partial charge in [0.2, 0.25) is 0 Å². The Morgan fingerprint density at radius 2 is 2.07 bits per heavy atom. The molecular formula is C12H21NO2. The van der Waals surface area contributed by atoms with Gasteiger partial charge in [-0.05, 0) is 45.9 Å². The SMILES string of the molecule is CC(C)=CC(=O)CCOC1CCNCC1. The average Bonchev–Trinajstić information content (AvgIpc) is 2.18. The van der Waals surface area contributed by atoms with Gasteiger partial charge in [-0.3, -0.25) is 4.79 Å². The van der Waals surface area contributed by atoms with Crippen LogP contribution < -0.4 is 5.32 Å². The van der Waals surface area contributed by atoms with Crippen LogP contribution in [-0.4, -0.2) is 31.6 Å². The maximum Gasteiger partial charge on any atom is 0.157 e. The van der Waals surface area contributed by atoms with E-state index in [9.17, 15) is 4.79 Å². The molecule has 0 atom stereocenters. The van der Waals surface area contributed by atoms with Gasteiger partial charge in [0.05, 0.1) is 12.7 Å². The summed E-state index contributed by atoms with van der Waals surface area (Å²) in [6, 6.07) is 0. The summed E-state index contributed by atoms with van der Waals surface area (Å²) in [4.78, 5) is 11.3. The molecule has 0 radical (unpaired) electrons. The lowest BCUT2D eigenvalue weighted by Crippen LogP contribution is -2.32. The standard InChI is InChI=1S/C12H21NO2/c1-10(2)9-11(14)5-8-15-12-3-6-13-7-4-12/h9,12-13H,3-8H2,1-2H3. The van der Waals surface area contributed by atoms with Crippen LogP contribution in [0, 0.1) is 0 Å². The number of piperidine rings is 1. The summed E-state index contributed by atoms with van der Waals surface area (Å²) >= 11 is 0. The van der Waals surface area contributed by atoms with Gasteiger partial charge in [0, 0.05) is 6.42 Å². The molecule has 1 rings (SSSR count). The van der Waals surface area contributed by atoms with Gasteiger partial charge < -0.3 is 10.1 Å². The van der Waals surface area contributed by atoms with Crippen LogP contribution in [-0.2, 0) is 9.53 Å². The Bertz CT molecular complexity index is 226. The van der Waals surface area contributed by atoms with E-state index in [0.717, 1.165) is 31.5 Å². The van der Waals surface area contributed by atoms with Crippen molar-refractivity contribution in [1.29, 1.82) is 0 Å². The molecule has 86 valence electrons. The summed E-state index contributed by atoms with van der Waals surface area (Å²) in [7, 11) is 0. The predicted octanol–water partition coefficient (Wildman–Crippen LogP) is 1.68. The molecule has 3 nitrogen and oxygen atoms in total. The zero-order valence-corrected chi connectivity index (χ0v) is 9.71. The number of ketones is 1. The summed E-state index contributed by atoms with van der Waals surface area (Å²) in [5.41, 5.74) is 1.06. The van der Waals surface area contributed by atoms with E-state index in [-0.39, 0.29) is 5.78 Å². The van der Waals surface area contributed by atoms with Crippen LogP contribution in [0.5, 0.6) is 0 Å². The van der Waals surface area contributed by atoms with Crippen molar-refractivity contribution in [3.8, 4) is 0 Å². The minimum Gasteiger partial charge on any atom is -0.378 e. The minimum absolute atomic E-state index is 0.170. The Balaban J connectivity index is 2.10. The molecule has 15 heavy (non-hydrogen) atoms. The summed E-state index contributed by atoms with van der Waals surface area (Å²) < 4.78 is 5.65. The molecule has 0 spiro atoms. The van der Waals surface area contributed by atoms with Gasteiger partial charge in [-0.1, -0.05) is 5.57 Å². The fraction of sp³-hybridized carbons (Fsp3) is 0.750. The molecule has 1 N–H and O–H groups in total. The number of hydrogen-bond acceptors (Lipinski definition) is 3. The summed E-state index contributed by atoms with van der Waals surface area (Å²) in [5, 5.41) is 3.28. The van der Waals surface area contributed by atoms with E-state index < -0.39 is 0 Å². The first-order valence-corrected chi connectivity index (χ1v) is 5.68. The lowest BCUT2D eigenvalue weighted by Gasteiger charge is -2.22. The monoisotopic (exact) mass is 211 g/mol. The normalized spacial score (nSPS) is 17.5. The number of carbonyl (C=O) groups excluding carboxylic acids is 1. The summed E-state index contributed by atoms with van der Waals surface area (Å²) in [5.74, 6) is 0.170. The predicted molar refractivity (Wildman–Crippen MR) is 60.9 cm³/mol. The summed E-state index contributed by atoms with van der Waals surface area (Å²) in [6.45, 7) is 6.50. The molecule has 0 amide bonds. The van der Waals surface area contributed by atoms with Crippen molar-refractivity contribution in [3.63, 3.8) is 0 Å². The van der Waals surface area contributed by atoms with Crippen LogP contribution in [0.4, 0.5) is 0 Å². The minimum atomic E-state index is 0.170. The molecule has 0 aromatic rings. The number of ether oxygens (including phenoxy) is 1. The second kappa shape index (κ2) is 6.75. The number of rotatable bonds is 5. The lowest BCUT2D eigenvalue weighted by molar-refractivity contribution is -0.116. The van der Waals surface area contributed by atoms with Gasteiger partial charge in [-0.15, -0.1) is 0 Å². The van der Waals surface area contributed by atoms with Crippen LogP contribution in [0.15, 0.2) is 11.6 Å². The first-order chi connectivity index (χ1) is 7.18. The highest BCUT2D eigenvalue weighted by Crippen LogP contribution is 2.07. The van der Waals surface area contributed by atoms with E-state index in [2.05, 4.69) is 5.32 Å². The number of allylic oxidation sites excluding steroid dienone is 2. The molecule has 1 fully saturated rings. The van der Waals surface area contributed by atoms with Crippen molar-refractivity contribution in [2.45, 2.75) is 39.2 Å². The van der Waals surface area contributed by atoms with Crippen LogP contribution in [0.1, 0.15) is 33.1 Å². The van der Waals surface area contributed by atoms with Crippen LogP contribution >= 0.6 is 0 Å². The third-order valence-electron chi connectivity index (χ3n) is 2.44. The van der Waals surface area contributed by atoms with Crippen molar-refractivity contribution in [1.82, 2.24) is 5.32 Å². The Kier molecular flexibility index (Phi) is 5.58. The molecule has 0 bridgehead atoms.